The van der Waals surface area contributed by atoms with E-state index in [2.05, 4.69) is 142 Å². The van der Waals surface area contributed by atoms with Crippen LogP contribution in [0.3, 0.4) is 0 Å². The molecule has 0 spiro atoms. The number of benzene rings is 8. The highest BCUT2D eigenvalue weighted by Gasteiger charge is 2.19. The number of nitrogens with zero attached hydrogens (tertiary/aromatic N) is 4. The van der Waals surface area contributed by atoms with Gasteiger partial charge in [-0.25, -0.2) is 4.85 Å². The van der Waals surface area contributed by atoms with Crippen molar-refractivity contribution in [3.63, 3.8) is 0 Å². The summed E-state index contributed by atoms with van der Waals surface area (Å²) in [6.07, 6.45) is 0. The molecule has 232 valence electrons. The second-order valence-corrected chi connectivity index (χ2v) is 12.4. The minimum absolute atomic E-state index is 0.594. The quantitative estimate of drug-likeness (QED) is 0.134. The van der Waals surface area contributed by atoms with Crippen LogP contribution in [0.15, 0.2) is 170 Å². The molecule has 1 heterocycles. The molecule has 0 atom stereocenters. The van der Waals surface area contributed by atoms with Gasteiger partial charge in [0.1, 0.15) is 0 Å². The Balaban J connectivity index is 1.07. The zero-order valence-corrected chi connectivity index (χ0v) is 27.0. The summed E-state index contributed by atoms with van der Waals surface area (Å²) in [5.41, 5.74) is 12.3. The van der Waals surface area contributed by atoms with E-state index in [1.165, 1.54) is 49.4 Å². The van der Waals surface area contributed by atoms with Gasteiger partial charge in [0.15, 0.2) is 5.69 Å². The molecule has 0 fully saturated rings. The molecule has 0 aliphatic heterocycles. The predicted molar refractivity (Wildman–Crippen MR) is 206 cm³/mol. The summed E-state index contributed by atoms with van der Waals surface area (Å²) in [6.45, 7) is 7.35. The number of aromatic nitrogens is 1. The van der Waals surface area contributed by atoms with Crippen LogP contribution >= 0.6 is 0 Å². The Bertz CT molecular complexity index is 2670. The summed E-state index contributed by atoms with van der Waals surface area (Å²) in [5.74, 6) is 0. The lowest BCUT2D eigenvalue weighted by Crippen LogP contribution is -2.09. The zero-order valence-electron chi connectivity index (χ0n) is 27.0. The van der Waals surface area contributed by atoms with Crippen molar-refractivity contribution in [1.82, 2.24) is 4.57 Å². The van der Waals surface area contributed by atoms with Gasteiger partial charge in [-0.05, 0) is 106 Å². The van der Waals surface area contributed by atoms with Crippen LogP contribution in [0, 0.1) is 17.9 Å². The van der Waals surface area contributed by atoms with Crippen LogP contribution < -0.4 is 4.90 Å². The summed E-state index contributed by atoms with van der Waals surface area (Å²) in [5, 5.41) is 14.4. The van der Waals surface area contributed by atoms with Gasteiger partial charge in [0.25, 0.3) is 0 Å². The molecular formula is C46H28N4. The van der Waals surface area contributed by atoms with Gasteiger partial charge in [-0.2, -0.15) is 5.26 Å². The Morgan fingerprint density at radius 3 is 1.78 bits per heavy atom. The highest BCUT2D eigenvalue weighted by atomic mass is 15.1. The SMILES string of the molecule is [C-]#[N+]c1ccc(N(c2ccc(C#N)cc2)c2ccc(-c3ccc(-c4ccc5c6c4ccc4cccc(c46)n5-c4ccccc4)cc3)cc2)cc1. The van der Waals surface area contributed by atoms with Crippen LogP contribution in [0.4, 0.5) is 22.7 Å². The highest BCUT2D eigenvalue weighted by molar-refractivity contribution is 6.26. The van der Waals surface area contributed by atoms with Gasteiger partial charge in [0, 0.05) is 33.5 Å². The van der Waals surface area contributed by atoms with Crippen LogP contribution in [0.1, 0.15) is 5.56 Å². The molecule has 8 aromatic carbocycles. The standard InChI is InChI=1S/C46H28N4/c1-48-36-19-25-40(26-20-36)49(38-21-10-31(30-47)11-22-38)39-23-16-33(17-24-39)32-12-14-34(15-13-32)41-28-29-44-46-42(41)27-18-35-6-5-9-43(45(35)46)50(44)37-7-3-2-4-8-37/h2-29H. The molecule has 0 N–H and O–H groups in total. The number of anilines is 3. The Kier molecular flexibility index (Phi) is 6.87. The summed E-state index contributed by atoms with van der Waals surface area (Å²) in [6, 6.07) is 61.0. The first-order valence-corrected chi connectivity index (χ1v) is 16.5. The average Bonchev–Trinajstić information content (AvgIpc) is 3.54. The van der Waals surface area contributed by atoms with Crippen molar-refractivity contribution in [3.8, 4) is 34.0 Å². The van der Waals surface area contributed by atoms with Crippen molar-refractivity contribution in [1.29, 1.82) is 5.26 Å². The maximum Gasteiger partial charge on any atom is 0.187 e. The first-order chi connectivity index (χ1) is 24.7. The minimum atomic E-state index is 0.594. The van der Waals surface area contributed by atoms with Crippen molar-refractivity contribution in [2.24, 2.45) is 0 Å². The number of hydrogen-bond acceptors (Lipinski definition) is 2. The molecule has 4 nitrogen and oxygen atoms in total. The molecule has 1 aromatic heterocycles. The van der Waals surface area contributed by atoms with Gasteiger partial charge >= 0.3 is 0 Å². The molecule has 0 bridgehead atoms. The third-order valence-corrected chi connectivity index (χ3v) is 9.62. The fourth-order valence-corrected chi connectivity index (χ4v) is 7.25. The van der Waals surface area contributed by atoms with Gasteiger partial charge in [-0.15, -0.1) is 0 Å². The number of para-hydroxylation sites is 1. The molecule has 0 aliphatic carbocycles. The van der Waals surface area contributed by atoms with Crippen LogP contribution in [0.2, 0.25) is 0 Å². The van der Waals surface area contributed by atoms with E-state index in [0.717, 1.165) is 28.2 Å². The maximum atomic E-state index is 9.33. The molecule has 0 radical (unpaired) electrons. The second kappa shape index (κ2) is 11.8. The van der Waals surface area contributed by atoms with E-state index in [4.69, 9.17) is 6.57 Å². The minimum Gasteiger partial charge on any atom is -0.311 e. The smallest absolute Gasteiger partial charge is 0.187 e. The first-order valence-electron chi connectivity index (χ1n) is 16.5. The fourth-order valence-electron chi connectivity index (χ4n) is 7.25. The van der Waals surface area contributed by atoms with E-state index in [1.54, 1.807) is 0 Å². The van der Waals surface area contributed by atoms with Gasteiger partial charge in [0.05, 0.1) is 29.2 Å². The lowest BCUT2D eigenvalue weighted by atomic mass is 9.93. The van der Waals surface area contributed by atoms with Gasteiger partial charge in [-0.1, -0.05) is 97.1 Å². The van der Waals surface area contributed by atoms with E-state index in [1.807, 2.05) is 48.5 Å². The van der Waals surface area contributed by atoms with Gasteiger partial charge in [-0.3, -0.25) is 0 Å². The summed E-state index contributed by atoms with van der Waals surface area (Å²) < 4.78 is 2.38. The van der Waals surface area contributed by atoms with Crippen molar-refractivity contribution >= 4 is 55.3 Å². The molecule has 0 saturated heterocycles. The lowest BCUT2D eigenvalue weighted by Gasteiger charge is -2.26. The third-order valence-electron chi connectivity index (χ3n) is 9.62. The fraction of sp³-hybridized carbons (Fsp3) is 0. The van der Waals surface area contributed by atoms with E-state index < -0.39 is 0 Å². The summed E-state index contributed by atoms with van der Waals surface area (Å²) >= 11 is 0. The van der Waals surface area contributed by atoms with Crippen LogP contribution in [0.25, 0.3) is 65.4 Å². The predicted octanol–water partition coefficient (Wildman–Crippen LogP) is 12.6. The first kappa shape index (κ1) is 29.0. The van der Waals surface area contributed by atoms with Crippen LogP contribution in [-0.2, 0) is 0 Å². The molecule has 50 heavy (non-hydrogen) atoms. The topological polar surface area (TPSA) is 36.3 Å². The number of rotatable bonds is 6. The maximum absolute atomic E-state index is 9.33. The summed E-state index contributed by atoms with van der Waals surface area (Å²) in [4.78, 5) is 5.69. The molecule has 0 amide bonds. The molecule has 9 aromatic rings. The van der Waals surface area contributed by atoms with Crippen molar-refractivity contribution in [3.05, 3.63) is 187 Å². The Hall–Kier alpha value is -7.14. The summed E-state index contributed by atoms with van der Waals surface area (Å²) in [7, 11) is 0. The van der Waals surface area contributed by atoms with Crippen molar-refractivity contribution in [2.75, 3.05) is 4.90 Å². The van der Waals surface area contributed by atoms with E-state index in [0.29, 0.717) is 11.3 Å². The van der Waals surface area contributed by atoms with Crippen LogP contribution in [-0.4, -0.2) is 4.57 Å². The van der Waals surface area contributed by atoms with Crippen molar-refractivity contribution < 1.29 is 0 Å². The molecule has 4 heteroatoms. The molecule has 9 rings (SSSR count). The van der Waals surface area contributed by atoms with E-state index in [-0.39, 0.29) is 0 Å². The molecule has 0 aliphatic rings. The normalized spacial score (nSPS) is 11.2. The molecule has 0 saturated carbocycles. The Morgan fingerprint density at radius 2 is 1.12 bits per heavy atom. The second-order valence-electron chi connectivity index (χ2n) is 12.4. The van der Waals surface area contributed by atoms with E-state index in [9.17, 15) is 5.26 Å². The van der Waals surface area contributed by atoms with E-state index >= 15 is 0 Å². The lowest BCUT2D eigenvalue weighted by molar-refractivity contribution is 1.18. The van der Waals surface area contributed by atoms with Gasteiger partial charge in [0.2, 0.25) is 0 Å². The number of hydrogen-bond donors (Lipinski definition) is 0. The number of nitriles is 1. The molecule has 0 unspecified atom stereocenters. The zero-order chi connectivity index (χ0) is 33.6. The third kappa shape index (κ3) is 4.75. The van der Waals surface area contributed by atoms with Gasteiger partial charge < -0.3 is 9.47 Å². The van der Waals surface area contributed by atoms with Crippen LogP contribution in [0.5, 0.6) is 0 Å². The molecular weight excluding hydrogens is 609 g/mol. The highest BCUT2D eigenvalue weighted by Crippen LogP contribution is 2.43. The largest absolute Gasteiger partial charge is 0.311 e. The monoisotopic (exact) mass is 636 g/mol. The van der Waals surface area contributed by atoms with Crippen molar-refractivity contribution in [2.45, 2.75) is 0 Å². The average molecular weight is 637 g/mol. The Labute approximate surface area is 290 Å². The Morgan fingerprint density at radius 1 is 0.520 bits per heavy atom.